The zero-order valence-corrected chi connectivity index (χ0v) is 13.5. The molecule has 2 aromatic carbocycles. The molecule has 1 aliphatic rings. The third kappa shape index (κ3) is 4.49. The van der Waals surface area contributed by atoms with Crippen molar-refractivity contribution in [2.45, 2.75) is 25.6 Å². The van der Waals surface area contributed by atoms with Gasteiger partial charge in [-0.3, -0.25) is 5.32 Å². The van der Waals surface area contributed by atoms with Gasteiger partial charge in [-0.15, -0.1) is 0 Å². The molecular weight excluding hydrogens is 346 g/mol. The third-order valence-electron chi connectivity index (χ3n) is 3.22. The van der Waals surface area contributed by atoms with Gasteiger partial charge < -0.3 is 9.47 Å². The molecule has 114 valence electrons. The largest absolute Gasteiger partial charge is 0.489 e. The van der Waals surface area contributed by atoms with Crippen molar-refractivity contribution in [1.82, 2.24) is 0 Å². The number of hydrogen-bond acceptors (Lipinski definition) is 3. The number of halogens is 1. The lowest BCUT2D eigenvalue weighted by molar-refractivity contribution is 0.154. The smallest absolute Gasteiger partial charge is 0.411 e. The maximum atomic E-state index is 11.5. The highest BCUT2D eigenvalue weighted by Crippen LogP contribution is 2.24. The molecule has 0 bridgehead atoms. The molecule has 5 heteroatoms. The number of anilines is 1. The minimum atomic E-state index is -0.397. The van der Waals surface area contributed by atoms with Crippen molar-refractivity contribution in [2.24, 2.45) is 0 Å². The standard InChI is InChI=1S/C17H16BrNO3/c18-13-3-1-12(2-4-13)11-21-15-7-5-14(6-8-15)19-17(20)22-16-9-10-16/h1-8,16H,9-11H2,(H,19,20). The fourth-order valence-corrected chi connectivity index (χ4v) is 2.13. The summed E-state index contributed by atoms with van der Waals surface area (Å²) >= 11 is 3.40. The minimum Gasteiger partial charge on any atom is -0.489 e. The van der Waals surface area contributed by atoms with E-state index in [1.54, 1.807) is 12.1 Å². The zero-order chi connectivity index (χ0) is 15.4. The van der Waals surface area contributed by atoms with E-state index in [0.29, 0.717) is 12.3 Å². The third-order valence-corrected chi connectivity index (χ3v) is 3.75. The van der Waals surface area contributed by atoms with E-state index in [4.69, 9.17) is 9.47 Å². The van der Waals surface area contributed by atoms with Crippen molar-refractivity contribution in [3.05, 3.63) is 58.6 Å². The Morgan fingerprint density at radius 3 is 2.41 bits per heavy atom. The van der Waals surface area contributed by atoms with Crippen molar-refractivity contribution in [1.29, 1.82) is 0 Å². The molecular formula is C17H16BrNO3. The maximum Gasteiger partial charge on any atom is 0.411 e. The van der Waals surface area contributed by atoms with Crippen LogP contribution >= 0.6 is 15.9 Å². The first-order valence-corrected chi connectivity index (χ1v) is 7.93. The number of hydrogen-bond donors (Lipinski definition) is 1. The molecule has 1 aliphatic carbocycles. The van der Waals surface area contributed by atoms with Gasteiger partial charge in [-0.1, -0.05) is 28.1 Å². The van der Waals surface area contributed by atoms with Crippen molar-refractivity contribution >= 4 is 27.7 Å². The Bertz CT molecular complexity index is 636. The molecule has 0 aromatic heterocycles. The molecule has 0 aliphatic heterocycles. The van der Waals surface area contributed by atoms with E-state index in [-0.39, 0.29) is 6.10 Å². The second-order valence-electron chi connectivity index (χ2n) is 5.17. The van der Waals surface area contributed by atoms with Crippen molar-refractivity contribution in [3.8, 4) is 5.75 Å². The van der Waals surface area contributed by atoms with Gasteiger partial charge in [-0.2, -0.15) is 0 Å². The Morgan fingerprint density at radius 1 is 1.09 bits per heavy atom. The molecule has 1 saturated carbocycles. The lowest BCUT2D eigenvalue weighted by Gasteiger charge is -2.09. The summed E-state index contributed by atoms with van der Waals surface area (Å²) in [5, 5.41) is 2.70. The lowest BCUT2D eigenvalue weighted by atomic mass is 10.2. The van der Waals surface area contributed by atoms with Crippen LogP contribution < -0.4 is 10.1 Å². The predicted octanol–water partition coefficient (Wildman–Crippen LogP) is 4.74. The van der Waals surface area contributed by atoms with E-state index < -0.39 is 6.09 Å². The van der Waals surface area contributed by atoms with Crippen molar-refractivity contribution in [2.75, 3.05) is 5.32 Å². The maximum absolute atomic E-state index is 11.5. The number of ether oxygens (including phenoxy) is 2. The fraction of sp³-hybridized carbons (Fsp3) is 0.235. The van der Waals surface area contributed by atoms with Gasteiger partial charge in [0.25, 0.3) is 0 Å². The van der Waals surface area contributed by atoms with E-state index >= 15 is 0 Å². The quantitative estimate of drug-likeness (QED) is 0.836. The average molecular weight is 362 g/mol. The molecule has 0 heterocycles. The molecule has 0 atom stereocenters. The summed E-state index contributed by atoms with van der Waals surface area (Å²) in [7, 11) is 0. The minimum absolute atomic E-state index is 0.105. The molecule has 22 heavy (non-hydrogen) atoms. The molecule has 4 nitrogen and oxygen atoms in total. The Kier molecular flexibility index (Phi) is 4.63. The van der Waals surface area contributed by atoms with E-state index in [1.807, 2.05) is 36.4 Å². The van der Waals surface area contributed by atoms with E-state index in [2.05, 4.69) is 21.2 Å². The first-order valence-electron chi connectivity index (χ1n) is 7.14. The Balaban J connectivity index is 1.50. The average Bonchev–Trinajstić information content (AvgIpc) is 3.32. The monoisotopic (exact) mass is 361 g/mol. The van der Waals surface area contributed by atoms with Crippen LogP contribution in [0.5, 0.6) is 5.75 Å². The highest BCUT2D eigenvalue weighted by atomic mass is 79.9. The van der Waals surface area contributed by atoms with Gasteiger partial charge in [0.15, 0.2) is 0 Å². The van der Waals surface area contributed by atoms with Gasteiger partial charge in [0.05, 0.1) is 0 Å². The van der Waals surface area contributed by atoms with Gasteiger partial charge >= 0.3 is 6.09 Å². The normalized spacial score (nSPS) is 13.5. The van der Waals surface area contributed by atoms with Crippen molar-refractivity contribution < 1.29 is 14.3 Å². The van der Waals surface area contributed by atoms with Crippen LogP contribution in [0.2, 0.25) is 0 Å². The molecule has 0 unspecified atom stereocenters. The molecule has 0 saturated heterocycles. The molecule has 0 radical (unpaired) electrons. The molecule has 3 rings (SSSR count). The number of amides is 1. The van der Waals surface area contributed by atoms with Crippen LogP contribution in [0.3, 0.4) is 0 Å². The topological polar surface area (TPSA) is 47.6 Å². The SMILES string of the molecule is O=C(Nc1ccc(OCc2ccc(Br)cc2)cc1)OC1CC1. The Morgan fingerprint density at radius 2 is 1.77 bits per heavy atom. The van der Waals surface area contributed by atoms with Gasteiger partial charge in [0.2, 0.25) is 0 Å². The fourth-order valence-electron chi connectivity index (χ4n) is 1.87. The van der Waals surface area contributed by atoms with Crippen LogP contribution in [0.25, 0.3) is 0 Å². The van der Waals surface area contributed by atoms with E-state index in [9.17, 15) is 4.79 Å². The first kappa shape index (κ1) is 14.9. The number of carbonyl (C=O) groups excluding carboxylic acids is 1. The summed E-state index contributed by atoms with van der Waals surface area (Å²) in [6.07, 6.45) is 1.64. The highest BCUT2D eigenvalue weighted by molar-refractivity contribution is 9.10. The van der Waals surface area contributed by atoms with Crippen LogP contribution in [0.4, 0.5) is 10.5 Å². The zero-order valence-electron chi connectivity index (χ0n) is 11.9. The second-order valence-corrected chi connectivity index (χ2v) is 6.08. The molecule has 1 N–H and O–H groups in total. The second kappa shape index (κ2) is 6.83. The van der Waals surface area contributed by atoms with Crippen LogP contribution in [0.1, 0.15) is 18.4 Å². The van der Waals surface area contributed by atoms with Crippen LogP contribution in [-0.4, -0.2) is 12.2 Å². The molecule has 1 amide bonds. The van der Waals surface area contributed by atoms with E-state index in [0.717, 1.165) is 28.6 Å². The summed E-state index contributed by atoms with van der Waals surface area (Å²) in [5.74, 6) is 0.754. The Labute approximate surface area is 137 Å². The molecule has 1 fully saturated rings. The van der Waals surface area contributed by atoms with Gasteiger partial charge in [0.1, 0.15) is 18.5 Å². The predicted molar refractivity (Wildman–Crippen MR) is 88.0 cm³/mol. The van der Waals surface area contributed by atoms with Crippen molar-refractivity contribution in [3.63, 3.8) is 0 Å². The van der Waals surface area contributed by atoms with Gasteiger partial charge in [-0.25, -0.2) is 4.79 Å². The summed E-state index contributed by atoms with van der Waals surface area (Å²) in [6, 6.07) is 15.2. The van der Waals surface area contributed by atoms with E-state index in [1.165, 1.54) is 0 Å². The first-order chi connectivity index (χ1) is 10.7. The van der Waals surface area contributed by atoms with Crippen LogP contribution in [0.15, 0.2) is 53.0 Å². The molecule has 0 spiro atoms. The summed E-state index contributed by atoms with van der Waals surface area (Å²) in [4.78, 5) is 11.5. The highest BCUT2D eigenvalue weighted by Gasteiger charge is 2.25. The number of benzene rings is 2. The van der Waals surface area contributed by atoms with Gasteiger partial charge in [0, 0.05) is 10.2 Å². The van der Waals surface area contributed by atoms with Crippen LogP contribution in [0, 0.1) is 0 Å². The number of carbonyl (C=O) groups is 1. The Hall–Kier alpha value is -2.01. The number of nitrogens with one attached hydrogen (secondary N) is 1. The molecule has 2 aromatic rings. The summed E-state index contributed by atoms with van der Waals surface area (Å²) in [5.41, 5.74) is 1.79. The number of rotatable bonds is 5. The summed E-state index contributed by atoms with van der Waals surface area (Å²) in [6.45, 7) is 0.504. The van der Waals surface area contributed by atoms with Gasteiger partial charge in [-0.05, 0) is 54.8 Å². The van der Waals surface area contributed by atoms with Crippen LogP contribution in [-0.2, 0) is 11.3 Å². The summed E-state index contributed by atoms with van der Waals surface area (Å²) < 4.78 is 11.9. The lowest BCUT2D eigenvalue weighted by Crippen LogP contribution is -2.14.